The van der Waals surface area contributed by atoms with Gasteiger partial charge in [0.1, 0.15) is 0 Å². The summed E-state index contributed by atoms with van der Waals surface area (Å²) < 4.78 is 19.8. The van der Waals surface area contributed by atoms with Crippen LogP contribution in [0.25, 0.3) is 0 Å². The number of rotatable bonds is 13. The number of ether oxygens (including phenoxy) is 1. The predicted octanol–water partition coefficient (Wildman–Crippen LogP) is 8.56. The fraction of sp³-hybridized carbons (Fsp3) is 0.778. The van der Waals surface area contributed by atoms with Crippen LogP contribution in [0.3, 0.4) is 0 Å². The van der Waals surface area contributed by atoms with Crippen molar-refractivity contribution in [3.8, 4) is 0 Å². The topological polar surface area (TPSA) is 27.7 Å². The first-order valence-electron chi connectivity index (χ1n) is 12.6. The average Bonchev–Trinajstić information content (AvgIpc) is 2.66. The lowest BCUT2D eigenvalue weighted by molar-refractivity contribution is -0.0453. The number of hydrogen-bond donors (Lipinski definition) is 0. The second-order valence-electron chi connectivity index (χ2n) is 12.3. The van der Waals surface area contributed by atoms with Gasteiger partial charge >= 0.3 is 0 Å². The average molecular weight is 481 g/mol. The van der Waals surface area contributed by atoms with Crippen LogP contribution < -0.4 is 0 Å². The Morgan fingerprint density at radius 1 is 0.781 bits per heavy atom. The maximum absolute atomic E-state index is 6.93. The van der Waals surface area contributed by atoms with Crippen LogP contribution in [0.2, 0.25) is 36.3 Å². The summed E-state index contributed by atoms with van der Waals surface area (Å²) >= 11 is 0. The quantitative estimate of drug-likeness (QED) is 0.209. The van der Waals surface area contributed by atoms with E-state index >= 15 is 0 Å². The van der Waals surface area contributed by atoms with Crippen molar-refractivity contribution in [1.29, 1.82) is 0 Å². The summed E-state index contributed by atoms with van der Waals surface area (Å²) in [6.45, 7) is 26.9. The Morgan fingerprint density at radius 3 is 1.84 bits per heavy atom. The standard InChI is InChI=1S/C27H52O3Si2/c1-12-24(28-22-23-18-14-13-15-19-23)25(30-32(10,11)27(5,6)7)20-16-17-21-29-31(8,9)26(2,3)4/h13-15,18-19,24-25H,12,16-17,20-22H2,1-11H3/t24-,25+/m1/s1. The number of unbranched alkanes of at least 4 members (excludes halogenated alkanes) is 1. The van der Waals surface area contributed by atoms with Crippen LogP contribution >= 0.6 is 0 Å². The van der Waals surface area contributed by atoms with Gasteiger partial charge in [0, 0.05) is 6.61 Å². The Bertz CT molecular complexity index is 645. The molecule has 5 heteroatoms. The van der Waals surface area contributed by atoms with Crippen LogP contribution in [0, 0.1) is 0 Å². The van der Waals surface area contributed by atoms with Gasteiger partial charge in [-0.3, -0.25) is 0 Å². The molecule has 0 heterocycles. The van der Waals surface area contributed by atoms with Gasteiger partial charge < -0.3 is 13.6 Å². The van der Waals surface area contributed by atoms with E-state index in [-0.39, 0.29) is 22.3 Å². The highest BCUT2D eigenvalue weighted by atomic mass is 28.4. The monoisotopic (exact) mass is 480 g/mol. The second kappa shape index (κ2) is 12.3. The van der Waals surface area contributed by atoms with Gasteiger partial charge in [-0.1, -0.05) is 78.8 Å². The lowest BCUT2D eigenvalue weighted by Gasteiger charge is -2.41. The maximum Gasteiger partial charge on any atom is 0.192 e. The Morgan fingerprint density at radius 2 is 1.34 bits per heavy atom. The van der Waals surface area contributed by atoms with Crippen molar-refractivity contribution < 1.29 is 13.6 Å². The molecule has 0 amide bonds. The highest BCUT2D eigenvalue weighted by Gasteiger charge is 2.41. The zero-order valence-corrected chi connectivity index (χ0v) is 25.0. The summed E-state index contributed by atoms with van der Waals surface area (Å²) in [7, 11) is -3.56. The van der Waals surface area contributed by atoms with Crippen molar-refractivity contribution in [2.24, 2.45) is 0 Å². The van der Waals surface area contributed by atoms with Crippen molar-refractivity contribution in [3.63, 3.8) is 0 Å². The van der Waals surface area contributed by atoms with E-state index in [0.717, 1.165) is 32.3 Å². The number of benzene rings is 1. The molecule has 1 rings (SSSR count). The fourth-order valence-corrected chi connectivity index (χ4v) is 5.60. The van der Waals surface area contributed by atoms with Gasteiger partial charge in [-0.05, 0) is 67.5 Å². The zero-order valence-electron chi connectivity index (χ0n) is 23.0. The summed E-state index contributed by atoms with van der Waals surface area (Å²) in [6.07, 6.45) is 4.44. The van der Waals surface area contributed by atoms with Crippen LogP contribution in [-0.4, -0.2) is 35.4 Å². The lowest BCUT2D eigenvalue weighted by Crippen LogP contribution is -2.47. The molecule has 0 aliphatic rings. The minimum Gasteiger partial charge on any atom is -0.417 e. The van der Waals surface area contributed by atoms with Crippen LogP contribution in [0.15, 0.2) is 30.3 Å². The van der Waals surface area contributed by atoms with Crippen LogP contribution in [-0.2, 0) is 20.2 Å². The minimum absolute atomic E-state index is 0.116. The Labute approximate surface area is 201 Å². The normalized spacial score (nSPS) is 15.6. The SMILES string of the molecule is CC[C@@H](OCc1ccccc1)[C@H](CCCCO[Si](C)(C)C(C)(C)C)O[Si](C)(C)C(C)(C)C. The summed E-state index contributed by atoms with van der Waals surface area (Å²) in [4.78, 5) is 0. The molecule has 186 valence electrons. The summed E-state index contributed by atoms with van der Waals surface area (Å²) in [6, 6.07) is 10.5. The van der Waals surface area contributed by atoms with Crippen LogP contribution in [0.1, 0.15) is 79.7 Å². The minimum atomic E-state index is -1.88. The van der Waals surface area contributed by atoms with Gasteiger partial charge in [-0.25, -0.2) is 0 Å². The van der Waals surface area contributed by atoms with Gasteiger partial charge in [-0.2, -0.15) is 0 Å². The van der Waals surface area contributed by atoms with Crippen molar-refractivity contribution in [3.05, 3.63) is 35.9 Å². The number of hydrogen-bond acceptors (Lipinski definition) is 3. The maximum atomic E-state index is 6.93. The molecule has 0 aliphatic carbocycles. The van der Waals surface area contributed by atoms with Gasteiger partial charge in [0.2, 0.25) is 0 Å². The first-order chi connectivity index (χ1) is 14.6. The van der Waals surface area contributed by atoms with Gasteiger partial charge in [0.15, 0.2) is 16.6 Å². The molecule has 0 aliphatic heterocycles. The molecule has 0 bridgehead atoms. The molecule has 2 atom stereocenters. The smallest absolute Gasteiger partial charge is 0.192 e. The van der Waals surface area contributed by atoms with Crippen LogP contribution in [0.5, 0.6) is 0 Å². The van der Waals surface area contributed by atoms with E-state index in [2.05, 4.69) is 105 Å². The van der Waals surface area contributed by atoms with Crippen molar-refractivity contribution in [2.75, 3.05) is 6.61 Å². The van der Waals surface area contributed by atoms with E-state index in [9.17, 15) is 0 Å². The molecule has 32 heavy (non-hydrogen) atoms. The third kappa shape index (κ3) is 9.42. The molecule has 3 nitrogen and oxygen atoms in total. The van der Waals surface area contributed by atoms with E-state index in [0.29, 0.717) is 6.61 Å². The van der Waals surface area contributed by atoms with Crippen molar-refractivity contribution in [2.45, 2.75) is 129 Å². The third-order valence-corrected chi connectivity index (χ3v) is 16.6. The Kier molecular flexibility index (Phi) is 11.4. The molecular formula is C27H52O3Si2. The summed E-state index contributed by atoms with van der Waals surface area (Å²) in [5, 5.41) is 0.452. The highest BCUT2D eigenvalue weighted by molar-refractivity contribution is 6.74. The molecule has 1 aromatic carbocycles. The van der Waals surface area contributed by atoms with E-state index in [4.69, 9.17) is 13.6 Å². The van der Waals surface area contributed by atoms with Gasteiger partial charge in [-0.15, -0.1) is 0 Å². The molecule has 0 radical (unpaired) electrons. The highest BCUT2D eigenvalue weighted by Crippen LogP contribution is 2.39. The molecule has 0 fully saturated rings. The fourth-order valence-electron chi connectivity index (χ4n) is 3.13. The van der Waals surface area contributed by atoms with Crippen molar-refractivity contribution >= 4 is 16.6 Å². The second-order valence-corrected chi connectivity index (χ2v) is 21.8. The first-order valence-corrected chi connectivity index (χ1v) is 18.4. The molecule has 0 saturated heterocycles. The molecule has 0 unspecified atom stereocenters. The molecule has 0 spiro atoms. The predicted molar refractivity (Wildman–Crippen MR) is 144 cm³/mol. The van der Waals surface area contributed by atoms with E-state index in [1.54, 1.807) is 0 Å². The molecular weight excluding hydrogens is 428 g/mol. The molecule has 0 aromatic heterocycles. The molecule has 1 aromatic rings. The lowest BCUT2D eigenvalue weighted by atomic mass is 10.0. The Balaban J connectivity index is 2.76. The van der Waals surface area contributed by atoms with Gasteiger partial charge in [0.05, 0.1) is 18.8 Å². The Hall–Kier alpha value is -0.466. The molecule has 0 N–H and O–H groups in total. The first kappa shape index (κ1) is 29.6. The zero-order chi connectivity index (χ0) is 24.6. The largest absolute Gasteiger partial charge is 0.417 e. The van der Waals surface area contributed by atoms with E-state index < -0.39 is 16.6 Å². The van der Waals surface area contributed by atoms with E-state index in [1.807, 2.05) is 0 Å². The summed E-state index contributed by atoms with van der Waals surface area (Å²) in [5.74, 6) is 0. The third-order valence-electron chi connectivity index (χ3n) is 7.53. The molecule has 0 saturated carbocycles. The van der Waals surface area contributed by atoms with Crippen molar-refractivity contribution in [1.82, 2.24) is 0 Å². The summed E-state index contributed by atoms with van der Waals surface area (Å²) in [5.41, 5.74) is 1.22. The van der Waals surface area contributed by atoms with Crippen LogP contribution in [0.4, 0.5) is 0 Å². The van der Waals surface area contributed by atoms with Gasteiger partial charge in [0.25, 0.3) is 0 Å². The van der Waals surface area contributed by atoms with E-state index in [1.165, 1.54) is 5.56 Å².